The number of nitrogens with one attached hydrogen (secondary N) is 1. The van der Waals surface area contributed by atoms with Gasteiger partial charge in [-0.15, -0.1) is 0 Å². The smallest absolute Gasteiger partial charge is 0.270 e. The van der Waals surface area contributed by atoms with Gasteiger partial charge in [0.25, 0.3) is 5.91 Å². The molecule has 0 unspecified atom stereocenters. The number of rotatable bonds is 4. The molecule has 4 N–H and O–H groups in total. The number of nitrogens with two attached hydrogens (primary N) is 1. The minimum absolute atomic E-state index is 0.0224. The SMILES string of the molecule is CCN1C(=O)CS/C1=C(/N)C(=O)NC(C)(C)CO. The third-order valence-electron chi connectivity index (χ3n) is 2.52. The first kappa shape index (κ1) is 14.8. The fraction of sp³-hybridized carbons (Fsp3) is 0.636. The lowest BCUT2D eigenvalue weighted by atomic mass is 10.1. The van der Waals surface area contributed by atoms with Crippen molar-refractivity contribution in [3.63, 3.8) is 0 Å². The van der Waals surface area contributed by atoms with E-state index in [1.165, 1.54) is 16.7 Å². The number of nitrogens with zero attached hydrogens (tertiary/aromatic N) is 1. The van der Waals surface area contributed by atoms with Crippen LogP contribution >= 0.6 is 11.8 Å². The van der Waals surface area contributed by atoms with E-state index in [9.17, 15) is 9.59 Å². The summed E-state index contributed by atoms with van der Waals surface area (Å²) >= 11 is 1.26. The molecule has 1 saturated heterocycles. The van der Waals surface area contributed by atoms with Crippen LogP contribution in [0.2, 0.25) is 0 Å². The number of carbonyl (C=O) groups is 2. The molecular formula is C11H19N3O3S. The maximum absolute atomic E-state index is 11.9. The molecule has 1 aliphatic rings. The lowest BCUT2D eigenvalue weighted by Crippen LogP contribution is -2.48. The summed E-state index contributed by atoms with van der Waals surface area (Å²) in [5, 5.41) is 12.2. The van der Waals surface area contributed by atoms with Gasteiger partial charge in [-0.1, -0.05) is 11.8 Å². The summed E-state index contributed by atoms with van der Waals surface area (Å²) in [7, 11) is 0. The Labute approximate surface area is 111 Å². The lowest BCUT2D eigenvalue weighted by Gasteiger charge is -2.24. The van der Waals surface area contributed by atoms with Gasteiger partial charge in [0.1, 0.15) is 10.7 Å². The minimum Gasteiger partial charge on any atom is -0.394 e. The Hall–Kier alpha value is -1.21. The van der Waals surface area contributed by atoms with Crippen LogP contribution in [0.3, 0.4) is 0 Å². The maximum Gasteiger partial charge on any atom is 0.270 e. The molecule has 0 aliphatic carbocycles. The van der Waals surface area contributed by atoms with Crippen molar-refractivity contribution in [2.75, 3.05) is 18.9 Å². The third-order valence-corrected chi connectivity index (χ3v) is 3.62. The van der Waals surface area contributed by atoms with Gasteiger partial charge in [-0.25, -0.2) is 0 Å². The Kier molecular flexibility index (Phi) is 4.64. The summed E-state index contributed by atoms with van der Waals surface area (Å²) in [5.41, 5.74) is 5.06. The van der Waals surface area contributed by atoms with E-state index in [0.717, 1.165) is 0 Å². The van der Waals surface area contributed by atoms with E-state index in [-0.39, 0.29) is 18.2 Å². The normalized spacial score (nSPS) is 19.1. The predicted octanol–water partition coefficient (Wildman–Crippen LogP) is -0.403. The first-order valence-electron chi connectivity index (χ1n) is 5.68. The van der Waals surface area contributed by atoms with Gasteiger partial charge in [0.2, 0.25) is 5.91 Å². The lowest BCUT2D eigenvalue weighted by molar-refractivity contribution is -0.125. The molecule has 2 amide bonds. The van der Waals surface area contributed by atoms with Crippen molar-refractivity contribution in [3.8, 4) is 0 Å². The zero-order chi connectivity index (χ0) is 13.9. The van der Waals surface area contributed by atoms with Gasteiger partial charge in [-0.2, -0.15) is 0 Å². The predicted molar refractivity (Wildman–Crippen MR) is 70.4 cm³/mol. The van der Waals surface area contributed by atoms with Crippen molar-refractivity contribution in [1.29, 1.82) is 0 Å². The van der Waals surface area contributed by atoms with E-state index in [1.807, 2.05) is 6.92 Å². The van der Waals surface area contributed by atoms with Crippen LogP contribution in [-0.2, 0) is 9.59 Å². The second-order valence-corrected chi connectivity index (χ2v) is 5.61. The van der Waals surface area contributed by atoms with Crippen LogP contribution in [0, 0.1) is 0 Å². The first-order valence-corrected chi connectivity index (χ1v) is 6.67. The molecule has 0 atom stereocenters. The van der Waals surface area contributed by atoms with Gasteiger partial charge in [0.05, 0.1) is 17.9 Å². The number of thioether (sulfide) groups is 1. The summed E-state index contributed by atoms with van der Waals surface area (Å²) in [5.74, 6) is -0.208. The molecule has 1 fully saturated rings. The van der Waals surface area contributed by atoms with Crippen molar-refractivity contribution in [3.05, 3.63) is 10.7 Å². The van der Waals surface area contributed by atoms with E-state index in [2.05, 4.69) is 5.32 Å². The Morgan fingerprint density at radius 2 is 2.22 bits per heavy atom. The molecule has 18 heavy (non-hydrogen) atoms. The summed E-state index contributed by atoms with van der Waals surface area (Å²) < 4.78 is 0. The Bertz CT molecular complexity index is 393. The molecular weight excluding hydrogens is 254 g/mol. The van der Waals surface area contributed by atoms with E-state index < -0.39 is 11.4 Å². The van der Waals surface area contributed by atoms with Crippen LogP contribution in [0.15, 0.2) is 10.7 Å². The number of aliphatic hydroxyl groups excluding tert-OH is 1. The largest absolute Gasteiger partial charge is 0.394 e. The van der Waals surface area contributed by atoms with Gasteiger partial charge in [0, 0.05) is 6.54 Å². The molecule has 7 heteroatoms. The molecule has 1 rings (SSSR count). The van der Waals surface area contributed by atoms with E-state index in [4.69, 9.17) is 10.8 Å². The van der Waals surface area contributed by atoms with Crippen LogP contribution in [0.25, 0.3) is 0 Å². The topological polar surface area (TPSA) is 95.7 Å². The molecule has 1 aliphatic heterocycles. The Morgan fingerprint density at radius 1 is 1.61 bits per heavy atom. The number of hydrogen-bond donors (Lipinski definition) is 3. The molecule has 1 heterocycles. The minimum atomic E-state index is -0.743. The number of hydrogen-bond acceptors (Lipinski definition) is 5. The fourth-order valence-electron chi connectivity index (χ4n) is 1.45. The molecule has 0 aromatic heterocycles. The van der Waals surface area contributed by atoms with Crippen molar-refractivity contribution < 1.29 is 14.7 Å². The van der Waals surface area contributed by atoms with Gasteiger partial charge < -0.3 is 21.1 Å². The summed E-state index contributed by atoms with van der Waals surface area (Å²) in [6, 6.07) is 0. The van der Waals surface area contributed by atoms with Gasteiger partial charge in [-0.05, 0) is 20.8 Å². The summed E-state index contributed by atoms with van der Waals surface area (Å²) in [6.45, 7) is 5.50. The standard InChI is InChI=1S/C11H19N3O3S/c1-4-14-7(16)5-18-10(14)8(12)9(17)13-11(2,3)6-15/h15H,4-6,12H2,1-3H3,(H,13,17)/b10-8+. The Balaban J connectivity index is 2.89. The highest BCUT2D eigenvalue weighted by Crippen LogP contribution is 2.30. The second kappa shape index (κ2) is 5.62. The van der Waals surface area contributed by atoms with Crippen LogP contribution in [0.5, 0.6) is 0 Å². The third kappa shape index (κ3) is 3.17. The van der Waals surface area contributed by atoms with Crippen LogP contribution < -0.4 is 11.1 Å². The zero-order valence-electron chi connectivity index (χ0n) is 10.8. The molecule has 0 aromatic carbocycles. The molecule has 0 saturated carbocycles. The maximum atomic E-state index is 11.9. The quantitative estimate of drug-likeness (QED) is 0.606. The highest BCUT2D eigenvalue weighted by atomic mass is 32.2. The van der Waals surface area contributed by atoms with Crippen molar-refractivity contribution >= 4 is 23.6 Å². The van der Waals surface area contributed by atoms with Crippen molar-refractivity contribution in [1.82, 2.24) is 10.2 Å². The second-order valence-electron chi connectivity index (χ2n) is 4.64. The molecule has 0 bridgehead atoms. The van der Waals surface area contributed by atoms with E-state index in [0.29, 0.717) is 17.3 Å². The van der Waals surface area contributed by atoms with Gasteiger partial charge in [0.15, 0.2) is 0 Å². The molecule has 0 aromatic rings. The van der Waals surface area contributed by atoms with Crippen LogP contribution in [0.4, 0.5) is 0 Å². The number of amides is 2. The average molecular weight is 273 g/mol. The van der Waals surface area contributed by atoms with Crippen LogP contribution in [-0.4, -0.2) is 46.3 Å². The summed E-state index contributed by atoms with van der Waals surface area (Å²) in [6.07, 6.45) is 0. The van der Waals surface area contributed by atoms with Crippen molar-refractivity contribution in [2.24, 2.45) is 5.73 Å². The van der Waals surface area contributed by atoms with Gasteiger partial charge >= 0.3 is 0 Å². The summed E-state index contributed by atoms with van der Waals surface area (Å²) in [4.78, 5) is 24.9. The van der Waals surface area contributed by atoms with Crippen LogP contribution in [0.1, 0.15) is 20.8 Å². The average Bonchev–Trinajstić information content (AvgIpc) is 2.68. The van der Waals surface area contributed by atoms with Crippen molar-refractivity contribution in [2.45, 2.75) is 26.3 Å². The Morgan fingerprint density at radius 3 is 2.72 bits per heavy atom. The molecule has 0 radical (unpaired) electrons. The van der Waals surface area contributed by atoms with E-state index >= 15 is 0 Å². The zero-order valence-corrected chi connectivity index (χ0v) is 11.6. The highest BCUT2D eigenvalue weighted by molar-refractivity contribution is 8.04. The van der Waals surface area contributed by atoms with E-state index in [1.54, 1.807) is 13.8 Å². The molecule has 0 spiro atoms. The highest BCUT2D eigenvalue weighted by Gasteiger charge is 2.30. The number of aliphatic hydroxyl groups is 1. The molecule has 6 nitrogen and oxygen atoms in total. The fourth-order valence-corrected chi connectivity index (χ4v) is 2.50. The number of carbonyl (C=O) groups excluding carboxylic acids is 2. The monoisotopic (exact) mass is 273 g/mol. The molecule has 102 valence electrons. The first-order chi connectivity index (χ1) is 8.32. The van der Waals surface area contributed by atoms with Gasteiger partial charge in [-0.3, -0.25) is 9.59 Å².